The molecule has 0 atom stereocenters. The van der Waals surface area contributed by atoms with E-state index in [0.29, 0.717) is 13.2 Å². The van der Waals surface area contributed by atoms with Crippen molar-refractivity contribution < 1.29 is 9.66 Å². The Labute approximate surface area is 123 Å². The number of non-ortho nitro benzene ring substituents is 1. The van der Waals surface area contributed by atoms with Crippen LogP contribution in [0.5, 0.6) is 0 Å². The van der Waals surface area contributed by atoms with Crippen LogP contribution in [0.1, 0.15) is 11.1 Å². The Balaban J connectivity index is 1.88. The van der Waals surface area contributed by atoms with Crippen LogP contribution in [0.15, 0.2) is 42.7 Å². The molecule has 6 nitrogen and oxygen atoms in total. The second-order valence-corrected chi connectivity index (χ2v) is 4.79. The molecule has 0 spiro atoms. The second-order valence-electron chi connectivity index (χ2n) is 4.79. The number of benzene rings is 1. The molecule has 0 radical (unpaired) electrons. The fraction of sp³-hybridized carbons (Fsp3) is 0.333. The van der Waals surface area contributed by atoms with E-state index in [9.17, 15) is 10.1 Å². The topological polar surface area (TPSA) is 69.3 Å². The Hall–Kier alpha value is -2.18. The van der Waals surface area contributed by atoms with Crippen molar-refractivity contribution in [3.05, 3.63) is 64.0 Å². The zero-order valence-corrected chi connectivity index (χ0v) is 12.0. The highest BCUT2D eigenvalue weighted by atomic mass is 16.6. The van der Waals surface area contributed by atoms with E-state index in [-0.39, 0.29) is 10.6 Å². The zero-order valence-electron chi connectivity index (χ0n) is 12.0. The van der Waals surface area contributed by atoms with Gasteiger partial charge in [-0.25, -0.2) is 0 Å². The first-order valence-corrected chi connectivity index (χ1v) is 6.76. The lowest BCUT2D eigenvalue weighted by Gasteiger charge is -2.04. The van der Waals surface area contributed by atoms with E-state index in [4.69, 9.17) is 4.74 Å². The van der Waals surface area contributed by atoms with E-state index in [2.05, 4.69) is 22.1 Å². The predicted molar refractivity (Wildman–Crippen MR) is 80.2 cm³/mol. The van der Waals surface area contributed by atoms with E-state index >= 15 is 0 Å². The first kappa shape index (κ1) is 15.2. The van der Waals surface area contributed by atoms with Crippen LogP contribution >= 0.6 is 0 Å². The van der Waals surface area contributed by atoms with Gasteiger partial charge in [0.1, 0.15) is 0 Å². The van der Waals surface area contributed by atoms with Crippen LogP contribution in [-0.2, 0) is 17.8 Å². The number of nitrogens with zero attached hydrogens (tertiary/aromatic N) is 2. The Bertz CT molecular complexity index is 578. The molecular formula is C15H19N3O3. The number of rotatable bonds is 8. The molecule has 6 heteroatoms. The molecule has 0 fully saturated rings. The Morgan fingerprint density at radius 1 is 1.24 bits per heavy atom. The van der Waals surface area contributed by atoms with Crippen molar-refractivity contribution in [3.8, 4) is 0 Å². The summed E-state index contributed by atoms with van der Waals surface area (Å²) in [5, 5.41) is 13.9. The molecule has 21 heavy (non-hydrogen) atoms. The van der Waals surface area contributed by atoms with Gasteiger partial charge in [-0.2, -0.15) is 0 Å². The Morgan fingerprint density at radius 3 is 2.67 bits per heavy atom. The number of methoxy groups -OCH3 is 1. The van der Waals surface area contributed by atoms with Gasteiger partial charge >= 0.3 is 0 Å². The summed E-state index contributed by atoms with van der Waals surface area (Å²) < 4.78 is 7.04. The third-order valence-corrected chi connectivity index (χ3v) is 3.14. The molecule has 0 unspecified atom stereocenters. The summed E-state index contributed by atoms with van der Waals surface area (Å²) in [5.41, 5.74) is 2.36. The molecule has 1 heterocycles. The molecule has 0 aliphatic rings. The highest BCUT2D eigenvalue weighted by molar-refractivity contribution is 5.33. The van der Waals surface area contributed by atoms with Crippen molar-refractivity contribution in [2.75, 3.05) is 20.3 Å². The van der Waals surface area contributed by atoms with E-state index in [0.717, 1.165) is 18.7 Å². The van der Waals surface area contributed by atoms with Crippen LogP contribution in [0, 0.1) is 10.1 Å². The van der Waals surface area contributed by atoms with E-state index < -0.39 is 0 Å². The molecule has 0 bridgehead atoms. The first-order valence-electron chi connectivity index (χ1n) is 6.76. The highest BCUT2D eigenvalue weighted by Gasteiger charge is 2.04. The van der Waals surface area contributed by atoms with Crippen molar-refractivity contribution in [1.82, 2.24) is 9.88 Å². The number of nitro groups is 1. The zero-order chi connectivity index (χ0) is 15.1. The van der Waals surface area contributed by atoms with Gasteiger partial charge in [-0.3, -0.25) is 10.1 Å². The number of ether oxygens (including phenoxy) is 1. The molecule has 0 saturated carbocycles. The first-order chi connectivity index (χ1) is 10.2. The van der Waals surface area contributed by atoms with Gasteiger partial charge in [0.15, 0.2) is 0 Å². The second kappa shape index (κ2) is 7.56. The molecule has 2 aromatic rings. The van der Waals surface area contributed by atoms with Crippen molar-refractivity contribution in [2.24, 2.45) is 0 Å². The van der Waals surface area contributed by atoms with Crippen molar-refractivity contribution in [2.45, 2.75) is 13.1 Å². The summed E-state index contributed by atoms with van der Waals surface area (Å²) in [6.07, 6.45) is 4.08. The Kier molecular flexibility index (Phi) is 5.48. The number of hydrogen-bond acceptors (Lipinski definition) is 4. The van der Waals surface area contributed by atoms with Crippen molar-refractivity contribution >= 4 is 5.69 Å². The summed E-state index contributed by atoms with van der Waals surface area (Å²) in [4.78, 5) is 10.2. The van der Waals surface area contributed by atoms with Gasteiger partial charge in [0.05, 0.1) is 11.5 Å². The van der Waals surface area contributed by atoms with Crippen LogP contribution in [0.2, 0.25) is 0 Å². The molecule has 2 rings (SSSR count). The standard InChI is InChI=1S/C15H19N3O3/c1-21-9-7-16-10-14-6-8-17(12-14)11-13-2-4-15(5-3-13)18(19)20/h2-6,8,12,16H,7,9-11H2,1H3. The number of nitrogens with one attached hydrogen (secondary N) is 1. The fourth-order valence-electron chi connectivity index (χ4n) is 2.03. The maximum Gasteiger partial charge on any atom is 0.269 e. The molecule has 112 valence electrons. The van der Waals surface area contributed by atoms with Crippen LogP contribution in [0.3, 0.4) is 0 Å². The Morgan fingerprint density at radius 2 is 2.00 bits per heavy atom. The average molecular weight is 289 g/mol. The smallest absolute Gasteiger partial charge is 0.269 e. The molecule has 1 aromatic heterocycles. The average Bonchev–Trinajstić information content (AvgIpc) is 2.92. The van der Waals surface area contributed by atoms with Crippen LogP contribution in [0.25, 0.3) is 0 Å². The molecule has 1 N–H and O–H groups in total. The van der Waals surface area contributed by atoms with Crippen molar-refractivity contribution in [3.63, 3.8) is 0 Å². The summed E-state index contributed by atoms with van der Waals surface area (Å²) in [6.45, 7) is 3.03. The van der Waals surface area contributed by atoms with Crippen LogP contribution < -0.4 is 5.32 Å². The SMILES string of the molecule is COCCNCc1ccn(Cc2ccc([N+](=O)[O-])cc2)c1. The summed E-state index contributed by atoms with van der Waals surface area (Å²) in [6, 6.07) is 8.70. The molecule has 1 aromatic carbocycles. The van der Waals surface area contributed by atoms with E-state index in [1.54, 1.807) is 19.2 Å². The predicted octanol–water partition coefficient (Wildman–Crippen LogP) is 2.18. The molecule has 0 aliphatic heterocycles. The monoisotopic (exact) mass is 289 g/mol. The van der Waals surface area contributed by atoms with Crippen molar-refractivity contribution in [1.29, 1.82) is 0 Å². The lowest BCUT2D eigenvalue weighted by Crippen LogP contribution is -2.18. The minimum absolute atomic E-state index is 0.120. The van der Waals surface area contributed by atoms with Gasteiger partial charge in [0.25, 0.3) is 5.69 Å². The summed E-state index contributed by atoms with van der Waals surface area (Å²) in [5.74, 6) is 0. The molecule has 0 aliphatic carbocycles. The highest BCUT2D eigenvalue weighted by Crippen LogP contribution is 2.13. The summed E-state index contributed by atoms with van der Waals surface area (Å²) >= 11 is 0. The maximum atomic E-state index is 10.6. The van der Waals surface area contributed by atoms with Crippen LogP contribution in [0.4, 0.5) is 5.69 Å². The fourth-order valence-corrected chi connectivity index (χ4v) is 2.03. The minimum Gasteiger partial charge on any atom is -0.383 e. The number of nitro benzene ring substituents is 1. The van der Waals surface area contributed by atoms with Gasteiger partial charge in [-0.05, 0) is 17.2 Å². The van der Waals surface area contributed by atoms with E-state index in [1.807, 2.05) is 6.20 Å². The van der Waals surface area contributed by atoms with Gasteiger partial charge in [-0.1, -0.05) is 12.1 Å². The number of aromatic nitrogens is 1. The van der Waals surface area contributed by atoms with Gasteiger partial charge in [-0.15, -0.1) is 0 Å². The van der Waals surface area contributed by atoms with E-state index in [1.165, 1.54) is 17.7 Å². The normalized spacial score (nSPS) is 10.7. The third kappa shape index (κ3) is 4.70. The minimum atomic E-state index is -0.386. The molecule has 0 amide bonds. The molecular weight excluding hydrogens is 270 g/mol. The lowest BCUT2D eigenvalue weighted by atomic mass is 10.2. The third-order valence-electron chi connectivity index (χ3n) is 3.14. The lowest BCUT2D eigenvalue weighted by molar-refractivity contribution is -0.384. The van der Waals surface area contributed by atoms with Gasteiger partial charge < -0.3 is 14.6 Å². The summed E-state index contributed by atoms with van der Waals surface area (Å²) in [7, 11) is 1.68. The maximum absolute atomic E-state index is 10.6. The quantitative estimate of drug-likeness (QED) is 0.459. The number of hydrogen-bond donors (Lipinski definition) is 1. The van der Waals surface area contributed by atoms with Gasteiger partial charge in [0.2, 0.25) is 0 Å². The van der Waals surface area contributed by atoms with Gasteiger partial charge in [0, 0.05) is 51.3 Å². The largest absolute Gasteiger partial charge is 0.383 e. The molecule has 0 saturated heterocycles. The van der Waals surface area contributed by atoms with Crippen LogP contribution in [-0.4, -0.2) is 29.8 Å².